The van der Waals surface area contributed by atoms with E-state index in [-0.39, 0.29) is 5.56 Å². The molecule has 0 saturated heterocycles. The molecule has 0 bridgehead atoms. The van der Waals surface area contributed by atoms with E-state index in [9.17, 15) is 8.78 Å². The molecule has 0 aliphatic carbocycles. The second-order valence-electron chi connectivity index (χ2n) is 5.02. The molecule has 3 aromatic carbocycles. The van der Waals surface area contributed by atoms with E-state index in [2.05, 4.69) is 0 Å². The highest BCUT2D eigenvalue weighted by Gasteiger charge is 2.16. The lowest BCUT2D eigenvalue weighted by atomic mass is 9.93. The van der Waals surface area contributed by atoms with Gasteiger partial charge in [-0.15, -0.1) is 0 Å². The highest BCUT2D eigenvalue weighted by Crippen LogP contribution is 2.36. The predicted molar refractivity (Wildman–Crippen MR) is 86.1 cm³/mol. The molecule has 0 aliphatic rings. The van der Waals surface area contributed by atoms with E-state index in [1.807, 2.05) is 12.1 Å². The van der Waals surface area contributed by atoms with Crippen LogP contribution in [0.3, 0.4) is 0 Å². The minimum atomic E-state index is -0.623. The number of hydrogen-bond acceptors (Lipinski definition) is 2. The third-order valence-corrected chi connectivity index (χ3v) is 3.50. The Kier molecular flexibility index (Phi) is 3.51. The first-order valence-corrected chi connectivity index (χ1v) is 6.76. The number of benzene rings is 3. The average molecular weight is 296 g/mol. The molecule has 0 spiro atoms. The van der Waals surface area contributed by atoms with E-state index >= 15 is 0 Å². The summed E-state index contributed by atoms with van der Waals surface area (Å²) in [6.07, 6.45) is 0. The summed E-state index contributed by atoms with van der Waals surface area (Å²) in [4.78, 5) is 0. The maximum atomic E-state index is 14.1. The zero-order valence-electron chi connectivity index (χ0n) is 11.7. The lowest BCUT2D eigenvalue weighted by molar-refractivity contribution is 0.590. The molecule has 0 saturated carbocycles. The summed E-state index contributed by atoms with van der Waals surface area (Å²) in [5, 5.41) is 0. The van der Waals surface area contributed by atoms with Crippen LogP contribution in [0.1, 0.15) is 0 Å². The van der Waals surface area contributed by atoms with Crippen molar-refractivity contribution in [1.29, 1.82) is 0 Å². The smallest absolute Gasteiger partial charge is 0.133 e. The van der Waals surface area contributed by atoms with Gasteiger partial charge in [-0.2, -0.15) is 0 Å². The molecule has 0 unspecified atom stereocenters. The molecule has 0 radical (unpaired) electrons. The molecule has 0 fully saturated rings. The molecular weight excluding hydrogens is 282 g/mol. The number of hydrogen-bond donors (Lipinski definition) is 2. The Morgan fingerprint density at radius 1 is 0.636 bits per heavy atom. The van der Waals surface area contributed by atoms with E-state index in [0.29, 0.717) is 22.5 Å². The molecule has 0 atom stereocenters. The predicted octanol–water partition coefficient (Wildman–Crippen LogP) is 4.46. The number of halogens is 2. The molecule has 0 aromatic heterocycles. The van der Waals surface area contributed by atoms with Gasteiger partial charge in [0.25, 0.3) is 0 Å². The summed E-state index contributed by atoms with van der Waals surface area (Å²) in [6, 6.07) is 15.9. The summed E-state index contributed by atoms with van der Waals surface area (Å²) in [5.41, 5.74) is 14.4. The quantitative estimate of drug-likeness (QED) is 0.686. The maximum Gasteiger partial charge on any atom is 0.133 e. The number of rotatable bonds is 2. The number of nitrogens with two attached hydrogens (primary N) is 2. The van der Waals surface area contributed by atoms with Crippen molar-refractivity contribution in [3.63, 3.8) is 0 Å². The average Bonchev–Trinajstić information content (AvgIpc) is 2.48. The Morgan fingerprint density at radius 3 is 1.86 bits per heavy atom. The standard InChI is InChI=1S/C18H14F2N2/c19-16-2-1-3-17(20)18(16)15-10-13(22)8-9-14(15)11-4-6-12(21)7-5-11/h1-10H,21-22H2. The second kappa shape index (κ2) is 5.48. The molecular formula is C18H14F2N2. The fraction of sp³-hybridized carbons (Fsp3) is 0. The highest BCUT2D eigenvalue weighted by atomic mass is 19.1. The normalized spacial score (nSPS) is 10.6. The lowest BCUT2D eigenvalue weighted by Gasteiger charge is -2.13. The molecule has 0 heterocycles. The Balaban J connectivity index is 2.27. The SMILES string of the molecule is Nc1ccc(-c2ccc(N)cc2-c2c(F)cccc2F)cc1. The van der Waals surface area contributed by atoms with E-state index in [1.54, 1.807) is 30.3 Å². The topological polar surface area (TPSA) is 52.0 Å². The van der Waals surface area contributed by atoms with Gasteiger partial charge in [0.15, 0.2) is 0 Å². The Hall–Kier alpha value is -2.88. The summed E-state index contributed by atoms with van der Waals surface area (Å²) >= 11 is 0. The van der Waals surface area contributed by atoms with Crippen molar-refractivity contribution in [3.8, 4) is 22.3 Å². The van der Waals surface area contributed by atoms with Crippen molar-refractivity contribution in [2.75, 3.05) is 11.5 Å². The zero-order valence-corrected chi connectivity index (χ0v) is 11.7. The Bertz CT molecular complexity index is 807. The van der Waals surface area contributed by atoms with Crippen LogP contribution in [-0.2, 0) is 0 Å². The first-order chi connectivity index (χ1) is 10.6. The van der Waals surface area contributed by atoms with Crippen molar-refractivity contribution in [3.05, 3.63) is 72.3 Å². The molecule has 3 rings (SSSR count). The van der Waals surface area contributed by atoms with Crippen molar-refractivity contribution in [2.24, 2.45) is 0 Å². The Labute approximate surface area is 127 Å². The van der Waals surface area contributed by atoms with E-state index in [0.717, 1.165) is 5.56 Å². The third-order valence-electron chi connectivity index (χ3n) is 3.50. The summed E-state index contributed by atoms with van der Waals surface area (Å²) < 4.78 is 28.3. The molecule has 0 amide bonds. The maximum absolute atomic E-state index is 14.1. The van der Waals surface area contributed by atoms with Crippen LogP contribution in [0, 0.1) is 11.6 Å². The van der Waals surface area contributed by atoms with Gasteiger partial charge in [-0.3, -0.25) is 0 Å². The van der Waals surface area contributed by atoms with Gasteiger partial charge < -0.3 is 11.5 Å². The first-order valence-electron chi connectivity index (χ1n) is 6.76. The number of nitrogen functional groups attached to an aromatic ring is 2. The van der Waals surface area contributed by atoms with Crippen LogP contribution in [0.25, 0.3) is 22.3 Å². The van der Waals surface area contributed by atoms with Crippen molar-refractivity contribution in [1.82, 2.24) is 0 Å². The summed E-state index contributed by atoms with van der Waals surface area (Å²) in [6.45, 7) is 0. The molecule has 3 aromatic rings. The number of anilines is 2. The Morgan fingerprint density at radius 2 is 1.23 bits per heavy atom. The third kappa shape index (κ3) is 2.51. The minimum absolute atomic E-state index is 0.0818. The lowest BCUT2D eigenvalue weighted by Crippen LogP contribution is -1.95. The summed E-state index contributed by atoms with van der Waals surface area (Å²) in [5.74, 6) is -1.25. The molecule has 4 heteroatoms. The van der Waals surface area contributed by atoms with Crippen LogP contribution in [0.4, 0.5) is 20.2 Å². The van der Waals surface area contributed by atoms with Crippen LogP contribution >= 0.6 is 0 Å². The van der Waals surface area contributed by atoms with Crippen LogP contribution in [0.2, 0.25) is 0 Å². The van der Waals surface area contributed by atoms with Gasteiger partial charge in [-0.25, -0.2) is 8.78 Å². The fourth-order valence-corrected chi connectivity index (χ4v) is 2.44. The van der Waals surface area contributed by atoms with Gasteiger partial charge in [0, 0.05) is 11.4 Å². The zero-order chi connectivity index (χ0) is 15.7. The monoisotopic (exact) mass is 296 g/mol. The highest BCUT2D eigenvalue weighted by molar-refractivity contribution is 5.86. The van der Waals surface area contributed by atoms with E-state index < -0.39 is 11.6 Å². The minimum Gasteiger partial charge on any atom is -0.399 e. The van der Waals surface area contributed by atoms with Crippen LogP contribution in [-0.4, -0.2) is 0 Å². The van der Waals surface area contributed by atoms with Crippen molar-refractivity contribution >= 4 is 11.4 Å². The molecule has 2 nitrogen and oxygen atoms in total. The van der Waals surface area contributed by atoms with E-state index in [4.69, 9.17) is 11.5 Å². The van der Waals surface area contributed by atoms with E-state index in [1.165, 1.54) is 18.2 Å². The summed E-state index contributed by atoms with van der Waals surface area (Å²) in [7, 11) is 0. The van der Waals surface area contributed by atoms with Gasteiger partial charge in [-0.1, -0.05) is 24.3 Å². The van der Waals surface area contributed by atoms with Gasteiger partial charge in [0.1, 0.15) is 11.6 Å². The van der Waals surface area contributed by atoms with Gasteiger partial charge in [0.2, 0.25) is 0 Å². The molecule has 0 aliphatic heterocycles. The van der Waals surface area contributed by atoms with Crippen LogP contribution in [0.5, 0.6) is 0 Å². The van der Waals surface area contributed by atoms with Gasteiger partial charge in [0.05, 0.1) is 5.56 Å². The van der Waals surface area contributed by atoms with Crippen molar-refractivity contribution in [2.45, 2.75) is 0 Å². The fourth-order valence-electron chi connectivity index (χ4n) is 2.44. The largest absolute Gasteiger partial charge is 0.399 e. The van der Waals surface area contributed by atoms with Gasteiger partial charge >= 0.3 is 0 Å². The molecule has 22 heavy (non-hydrogen) atoms. The van der Waals surface area contributed by atoms with Gasteiger partial charge in [-0.05, 0) is 53.1 Å². The molecule has 4 N–H and O–H groups in total. The first kappa shape index (κ1) is 14.1. The van der Waals surface area contributed by atoms with Crippen LogP contribution < -0.4 is 11.5 Å². The van der Waals surface area contributed by atoms with Crippen LogP contribution in [0.15, 0.2) is 60.7 Å². The van der Waals surface area contributed by atoms with Crippen molar-refractivity contribution < 1.29 is 8.78 Å². The molecule has 110 valence electrons. The second-order valence-corrected chi connectivity index (χ2v) is 5.02.